The van der Waals surface area contributed by atoms with Crippen molar-refractivity contribution in [3.05, 3.63) is 35.0 Å². The molecule has 2 aliphatic rings. The summed E-state index contributed by atoms with van der Waals surface area (Å²) >= 11 is 3.92. The molecular weight excluding hydrogens is 476 g/mol. The highest BCUT2D eigenvalue weighted by Crippen LogP contribution is 2.41. The van der Waals surface area contributed by atoms with Gasteiger partial charge in [0, 0.05) is 16.9 Å². The fourth-order valence-corrected chi connectivity index (χ4v) is 6.21. The molecule has 2 aliphatic heterocycles. The van der Waals surface area contributed by atoms with Gasteiger partial charge in [0.1, 0.15) is 17.1 Å². The first kappa shape index (κ1) is 22.3. The Balaban J connectivity index is 1.43. The molecule has 1 fully saturated rings. The van der Waals surface area contributed by atoms with E-state index in [0.717, 1.165) is 0 Å². The van der Waals surface area contributed by atoms with E-state index in [1.54, 1.807) is 16.1 Å². The number of hydrogen-bond acceptors (Lipinski definition) is 11. The van der Waals surface area contributed by atoms with Crippen molar-refractivity contribution in [1.82, 2.24) is 35.4 Å². The normalized spacial score (nSPS) is 20.0. The Bertz CT molecular complexity index is 1110. The van der Waals surface area contributed by atoms with Gasteiger partial charge in [-0.2, -0.15) is 0 Å². The molecule has 2 aromatic rings. The second kappa shape index (κ2) is 9.30. The Morgan fingerprint density at radius 1 is 1.47 bits per heavy atom. The van der Waals surface area contributed by atoms with Gasteiger partial charge in [-0.3, -0.25) is 14.5 Å². The molecule has 2 aromatic heterocycles. The van der Waals surface area contributed by atoms with Gasteiger partial charge in [0.15, 0.2) is 5.13 Å². The Labute approximate surface area is 194 Å². The number of carboxylic acid groups (broad SMARTS) is 1. The summed E-state index contributed by atoms with van der Waals surface area (Å²) in [5, 5.41) is 26.0. The number of nitrogens with one attached hydrogen (secondary N) is 1. The summed E-state index contributed by atoms with van der Waals surface area (Å²) in [6.07, 6.45) is 1.65. The van der Waals surface area contributed by atoms with Crippen molar-refractivity contribution in [2.24, 2.45) is 0 Å². The third kappa shape index (κ3) is 4.35. The summed E-state index contributed by atoms with van der Waals surface area (Å²) in [4.78, 5) is 42.3. The number of thiazole rings is 1. The number of rotatable bonds is 9. The van der Waals surface area contributed by atoms with E-state index in [1.807, 2.05) is 0 Å². The third-order valence-corrected chi connectivity index (χ3v) is 7.76. The zero-order valence-corrected chi connectivity index (χ0v) is 19.0. The summed E-state index contributed by atoms with van der Waals surface area (Å²) in [5.41, 5.74) is 6.63. The fourth-order valence-electron chi connectivity index (χ4n) is 3.28. The van der Waals surface area contributed by atoms with Crippen molar-refractivity contribution in [3.63, 3.8) is 0 Å². The lowest BCUT2D eigenvalue weighted by Crippen LogP contribution is -2.70. The molecule has 1 unspecified atom stereocenters. The summed E-state index contributed by atoms with van der Waals surface area (Å²) in [6.45, 7) is 4.08. The number of carbonyl (C=O) groups is 3. The average molecular weight is 495 g/mol. The highest BCUT2D eigenvalue weighted by atomic mass is 32.2. The molecule has 2 atom stereocenters. The van der Waals surface area contributed by atoms with Crippen LogP contribution < -0.4 is 11.1 Å². The van der Waals surface area contributed by atoms with Crippen LogP contribution in [0.3, 0.4) is 0 Å². The van der Waals surface area contributed by atoms with Crippen molar-refractivity contribution >= 4 is 57.8 Å². The molecule has 168 valence electrons. The lowest BCUT2D eigenvalue weighted by atomic mass is 10.0. The van der Waals surface area contributed by atoms with Gasteiger partial charge in [-0.15, -0.1) is 34.8 Å². The van der Waals surface area contributed by atoms with E-state index in [0.29, 0.717) is 39.6 Å². The number of thioether (sulfide) groups is 2. The molecule has 4 heterocycles. The number of amides is 2. The quantitative estimate of drug-likeness (QED) is 0.243. The summed E-state index contributed by atoms with van der Waals surface area (Å²) in [7, 11) is 0. The van der Waals surface area contributed by atoms with Crippen molar-refractivity contribution in [3.8, 4) is 0 Å². The Kier molecular flexibility index (Phi) is 6.48. The van der Waals surface area contributed by atoms with Gasteiger partial charge < -0.3 is 16.2 Å². The molecule has 4 rings (SSSR count). The van der Waals surface area contributed by atoms with Crippen molar-refractivity contribution in [2.45, 2.75) is 29.5 Å². The van der Waals surface area contributed by atoms with Gasteiger partial charge >= 0.3 is 5.97 Å². The van der Waals surface area contributed by atoms with Crippen LogP contribution in [0.15, 0.2) is 34.5 Å². The Morgan fingerprint density at radius 3 is 2.97 bits per heavy atom. The summed E-state index contributed by atoms with van der Waals surface area (Å²) < 4.78 is 1.55. The number of fused-ring (bicyclic) bond motifs is 1. The van der Waals surface area contributed by atoms with Gasteiger partial charge in [-0.05, 0) is 16.0 Å². The molecule has 0 spiro atoms. The number of aromatic nitrogens is 5. The molecule has 15 heteroatoms. The van der Waals surface area contributed by atoms with Gasteiger partial charge in [0.25, 0.3) is 5.91 Å². The molecule has 0 radical (unpaired) electrons. The second-order valence-corrected chi connectivity index (χ2v) is 9.72. The maximum Gasteiger partial charge on any atom is 0.352 e. The van der Waals surface area contributed by atoms with E-state index in [2.05, 4.69) is 32.4 Å². The minimum Gasteiger partial charge on any atom is -0.477 e. The van der Waals surface area contributed by atoms with E-state index >= 15 is 0 Å². The average Bonchev–Trinajstić information content (AvgIpc) is 3.38. The van der Waals surface area contributed by atoms with E-state index in [9.17, 15) is 19.5 Å². The molecule has 32 heavy (non-hydrogen) atoms. The molecule has 0 aromatic carbocycles. The van der Waals surface area contributed by atoms with Crippen molar-refractivity contribution in [2.75, 3.05) is 17.2 Å². The van der Waals surface area contributed by atoms with E-state index in [4.69, 9.17) is 5.73 Å². The maximum absolute atomic E-state index is 12.7. The van der Waals surface area contributed by atoms with Crippen LogP contribution in [0.4, 0.5) is 5.13 Å². The first-order chi connectivity index (χ1) is 15.4. The standard InChI is InChI=1S/C17H18N8O4S3/c1-2-3-24-17(21-22-23-24)32-6-8-5-30-14-11(13(27)25(14)12(8)15(28)29)20-10(26)4-9-7-31-16(18)19-9/h2,7,11,14H,1,3-6H2,(H2,18,19)(H,20,26)(H,28,29)/t11?,14-/m1/s1. The highest BCUT2D eigenvalue weighted by Gasteiger charge is 2.54. The lowest BCUT2D eigenvalue weighted by molar-refractivity contribution is -0.150. The number of β-lactam (4-membered cyclic amide) rings is 1. The number of nitrogens with zero attached hydrogens (tertiary/aromatic N) is 6. The smallest absolute Gasteiger partial charge is 0.352 e. The van der Waals surface area contributed by atoms with E-state index < -0.39 is 23.3 Å². The number of aliphatic carboxylic acids is 1. The first-order valence-corrected chi connectivity index (χ1v) is 12.2. The van der Waals surface area contributed by atoms with Gasteiger partial charge in [-0.25, -0.2) is 14.5 Å². The second-order valence-electron chi connectivity index (χ2n) is 6.79. The molecular formula is C17H18N8O4S3. The van der Waals surface area contributed by atoms with Crippen LogP contribution in [0, 0.1) is 0 Å². The van der Waals surface area contributed by atoms with Crippen LogP contribution in [0.2, 0.25) is 0 Å². The number of allylic oxidation sites excluding steroid dienone is 1. The lowest BCUT2D eigenvalue weighted by Gasteiger charge is -2.49. The summed E-state index contributed by atoms with van der Waals surface area (Å²) in [6, 6.07) is -0.785. The number of anilines is 1. The number of hydrogen-bond donors (Lipinski definition) is 3. The highest BCUT2D eigenvalue weighted by molar-refractivity contribution is 8.01. The molecule has 1 saturated heterocycles. The maximum atomic E-state index is 12.7. The van der Waals surface area contributed by atoms with Crippen LogP contribution >= 0.6 is 34.9 Å². The zero-order chi connectivity index (χ0) is 22.8. The third-order valence-electron chi connectivity index (χ3n) is 4.65. The van der Waals surface area contributed by atoms with Crippen molar-refractivity contribution in [1.29, 1.82) is 0 Å². The minimum atomic E-state index is -1.19. The van der Waals surface area contributed by atoms with Crippen LogP contribution in [-0.2, 0) is 27.3 Å². The number of carbonyl (C=O) groups excluding carboxylic acids is 2. The number of tetrazole rings is 1. The fraction of sp³-hybridized carbons (Fsp3) is 0.353. The predicted molar refractivity (Wildman–Crippen MR) is 119 cm³/mol. The molecule has 0 saturated carbocycles. The van der Waals surface area contributed by atoms with Gasteiger partial charge in [0.05, 0.1) is 18.7 Å². The van der Waals surface area contributed by atoms with Crippen LogP contribution in [0.1, 0.15) is 5.69 Å². The minimum absolute atomic E-state index is 0.00217. The first-order valence-electron chi connectivity index (χ1n) is 9.28. The summed E-state index contributed by atoms with van der Waals surface area (Å²) in [5.74, 6) is -1.30. The number of nitrogen functional groups attached to an aromatic ring is 1. The SMILES string of the molecule is C=CCn1nnnc1SCC1=C(C(=O)O)N2C(=O)C(NC(=O)Cc3csc(N)n3)[C@H]2SC1. The van der Waals surface area contributed by atoms with Crippen LogP contribution in [-0.4, -0.2) is 75.9 Å². The zero-order valence-electron chi connectivity index (χ0n) is 16.5. The Hall–Kier alpha value is -2.91. The monoisotopic (exact) mass is 494 g/mol. The van der Waals surface area contributed by atoms with E-state index in [-0.39, 0.29) is 18.0 Å². The van der Waals surface area contributed by atoms with Crippen LogP contribution in [0.25, 0.3) is 0 Å². The molecule has 4 N–H and O–H groups in total. The van der Waals surface area contributed by atoms with Gasteiger partial charge in [0.2, 0.25) is 11.1 Å². The van der Waals surface area contributed by atoms with E-state index in [1.165, 1.54) is 39.8 Å². The number of nitrogens with two attached hydrogens (primary N) is 1. The predicted octanol–water partition coefficient (Wildman–Crippen LogP) is -0.0288. The van der Waals surface area contributed by atoms with Gasteiger partial charge in [-0.1, -0.05) is 17.8 Å². The van der Waals surface area contributed by atoms with Crippen LogP contribution in [0.5, 0.6) is 0 Å². The molecule has 0 aliphatic carbocycles. The largest absolute Gasteiger partial charge is 0.477 e. The Morgan fingerprint density at radius 2 is 2.28 bits per heavy atom. The van der Waals surface area contributed by atoms with Crippen molar-refractivity contribution < 1.29 is 19.5 Å². The molecule has 0 bridgehead atoms. The molecule has 12 nitrogen and oxygen atoms in total. The number of carboxylic acids is 1. The molecule has 2 amide bonds. The topological polar surface area (TPSA) is 169 Å².